The average molecular weight is 603 g/mol. The molecule has 0 amide bonds. The second-order valence-electron chi connectivity index (χ2n) is 12.8. The maximum atomic E-state index is 5.37. The lowest BCUT2D eigenvalue weighted by atomic mass is 9.88. The van der Waals surface area contributed by atoms with Crippen LogP contribution < -0.4 is 0 Å². The normalized spacial score (nSPS) is 13.2. The molecule has 0 rings (SSSR count). The van der Waals surface area contributed by atoms with Crippen LogP contribution in [0.4, 0.5) is 0 Å². The molecule has 0 aliphatic rings. The fourth-order valence-electron chi connectivity index (χ4n) is 6.10. The zero-order chi connectivity index (χ0) is 28.5. The Morgan fingerprint density at radius 2 is 0.513 bits per heavy atom. The van der Waals surface area contributed by atoms with Crippen molar-refractivity contribution in [3.05, 3.63) is 0 Å². The zero-order valence-electron chi connectivity index (χ0n) is 26.9. The molecule has 0 radical (unpaired) electrons. The van der Waals surface area contributed by atoms with Gasteiger partial charge in [0.25, 0.3) is 0 Å². The average Bonchev–Trinajstić information content (AvgIpc) is 2.94. The van der Waals surface area contributed by atoms with Crippen LogP contribution >= 0.6 is 37.9 Å². The largest absolute Gasteiger partial charge is 0.179 e. The van der Waals surface area contributed by atoms with Crippen LogP contribution in [0.2, 0.25) is 0 Å². The Balaban J connectivity index is 3.98. The van der Waals surface area contributed by atoms with Gasteiger partial charge in [-0.3, -0.25) is 0 Å². The summed E-state index contributed by atoms with van der Waals surface area (Å²) in [6, 6.07) is 0. The highest BCUT2D eigenvalue weighted by Gasteiger charge is 2.24. The van der Waals surface area contributed by atoms with Gasteiger partial charge >= 0.3 is 0 Å². The third-order valence-corrected chi connectivity index (χ3v) is 10.1. The molecule has 0 aromatic heterocycles. The van der Waals surface area contributed by atoms with Crippen molar-refractivity contribution in [2.45, 2.75) is 217 Å². The topological polar surface area (TPSA) is 0 Å². The molecular weight excluding hydrogens is 529 g/mol. The van der Waals surface area contributed by atoms with Gasteiger partial charge in [-0.25, -0.2) is 0 Å². The standard InChI is InChI=1S/C36H74S3/c1-2-3-4-5-6-7-8-9-10-13-16-21-26-31-36(39,33-28-23-18-20-25-30-35-38)32-27-22-17-14-11-12-15-19-24-29-34-37/h37-39H,2-35H2,1H3. The van der Waals surface area contributed by atoms with Gasteiger partial charge in [-0.1, -0.05) is 180 Å². The highest BCUT2D eigenvalue weighted by Crippen LogP contribution is 2.35. The van der Waals surface area contributed by atoms with Crippen LogP contribution in [-0.4, -0.2) is 16.3 Å². The highest BCUT2D eigenvalue weighted by molar-refractivity contribution is 7.81. The predicted molar refractivity (Wildman–Crippen MR) is 193 cm³/mol. The Morgan fingerprint density at radius 3 is 0.744 bits per heavy atom. The van der Waals surface area contributed by atoms with E-state index in [0.29, 0.717) is 4.75 Å². The molecule has 236 valence electrons. The van der Waals surface area contributed by atoms with Crippen LogP contribution in [0.25, 0.3) is 0 Å². The molecule has 3 heteroatoms. The van der Waals surface area contributed by atoms with Crippen molar-refractivity contribution in [1.82, 2.24) is 0 Å². The third kappa shape index (κ3) is 31.8. The molecule has 39 heavy (non-hydrogen) atoms. The summed E-state index contributed by atoms with van der Waals surface area (Å²) < 4.78 is 0.301. The second kappa shape index (κ2) is 33.6. The monoisotopic (exact) mass is 602 g/mol. The van der Waals surface area contributed by atoms with Crippen LogP contribution in [0.5, 0.6) is 0 Å². The number of rotatable bonds is 34. The third-order valence-electron chi connectivity index (χ3n) is 8.85. The van der Waals surface area contributed by atoms with Gasteiger partial charge in [0.15, 0.2) is 0 Å². The van der Waals surface area contributed by atoms with E-state index in [1.807, 2.05) is 0 Å². The molecule has 0 nitrogen and oxygen atoms in total. The maximum absolute atomic E-state index is 5.37. The molecule has 0 aliphatic heterocycles. The lowest BCUT2D eigenvalue weighted by molar-refractivity contribution is 0.405. The Kier molecular flexibility index (Phi) is 34.5. The highest BCUT2D eigenvalue weighted by atomic mass is 32.1. The van der Waals surface area contributed by atoms with Gasteiger partial charge in [-0.2, -0.15) is 37.9 Å². The molecule has 0 aliphatic carbocycles. The molecule has 0 N–H and O–H groups in total. The van der Waals surface area contributed by atoms with Gasteiger partial charge < -0.3 is 0 Å². The lowest BCUT2D eigenvalue weighted by Gasteiger charge is -2.29. The summed E-state index contributed by atoms with van der Waals surface area (Å²) in [6.45, 7) is 2.31. The van der Waals surface area contributed by atoms with Crippen LogP contribution in [0.3, 0.4) is 0 Å². The first kappa shape index (κ1) is 40.1. The van der Waals surface area contributed by atoms with Crippen molar-refractivity contribution in [2.24, 2.45) is 0 Å². The lowest BCUT2D eigenvalue weighted by Crippen LogP contribution is -2.21. The maximum Gasteiger partial charge on any atom is 0.0130 e. The van der Waals surface area contributed by atoms with Crippen molar-refractivity contribution in [2.75, 3.05) is 11.5 Å². The molecule has 0 saturated heterocycles. The first-order valence-corrected chi connectivity index (χ1v) is 19.8. The van der Waals surface area contributed by atoms with Crippen molar-refractivity contribution < 1.29 is 0 Å². The number of hydrogen-bond acceptors (Lipinski definition) is 3. The van der Waals surface area contributed by atoms with Gasteiger partial charge in [0.1, 0.15) is 0 Å². The first-order valence-electron chi connectivity index (χ1n) is 18.1. The van der Waals surface area contributed by atoms with E-state index in [1.54, 1.807) is 0 Å². The van der Waals surface area contributed by atoms with E-state index in [9.17, 15) is 0 Å². The van der Waals surface area contributed by atoms with Gasteiger partial charge in [0.2, 0.25) is 0 Å². The van der Waals surface area contributed by atoms with Crippen molar-refractivity contribution in [3.63, 3.8) is 0 Å². The second-order valence-corrected chi connectivity index (χ2v) is 14.7. The van der Waals surface area contributed by atoms with Crippen molar-refractivity contribution in [3.8, 4) is 0 Å². The van der Waals surface area contributed by atoms with Crippen LogP contribution in [0.15, 0.2) is 0 Å². The summed E-state index contributed by atoms with van der Waals surface area (Å²) >= 11 is 14.0. The molecular formula is C36H74S3. The molecule has 0 aromatic rings. The molecule has 0 bridgehead atoms. The van der Waals surface area contributed by atoms with E-state index < -0.39 is 0 Å². The molecule has 1 atom stereocenters. The van der Waals surface area contributed by atoms with E-state index in [1.165, 1.54) is 205 Å². The van der Waals surface area contributed by atoms with Gasteiger partial charge in [-0.15, -0.1) is 0 Å². The number of unbranched alkanes of at least 4 members (excludes halogenated alkanes) is 26. The summed E-state index contributed by atoms with van der Waals surface area (Å²) in [5, 5.41) is 0. The van der Waals surface area contributed by atoms with Gasteiger partial charge in [0, 0.05) is 4.75 Å². The van der Waals surface area contributed by atoms with Gasteiger partial charge in [0.05, 0.1) is 0 Å². The molecule has 0 aromatic carbocycles. The first-order chi connectivity index (χ1) is 19.2. The van der Waals surface area contributed by atoms with E-state index in [4.69, 9.17) is 12.6 Å². The van der Waals surface area contributed by atoms with E-state index in [2.05, 4.69) is 32.2 Å². The SMILES string of the molecule is CCCCCCCCCCCCCCCC(S)(CCCCCCCCS)CCCCCCCCCCCCS. The van der Waals surface area contributed by atoms with Gasteiger partial charge in [-0.05, 0) is 43.6 Å². The van der Waals surface area contributed by atoms with Crippen LogP contribution in [0.1, 0.15) is 212 Å². The Morgan fingerprint density at radius 1 is 0.308 bits per heavy atom. The summed E-state index contributed by atoms with van der Waals surface area (Å²) in [7, 11) is 0. The molecule has 0 spiro atoms. The van der Waals surface area contributed by atoms with Crippen molar-refractivity contribution in [1.29, 1.82) is 0 Å². The quantitative estimate of drug-likeness (QED) is 0.0473. The van der Waals surface area contributed by atoms with E-state index >= 15 is 0 Å². The minimum absolute atomic E-state index is 0.301. The summed E-state index contributed by atoms with van der Waals surface area (Å²) in [5.74, 6) is 2.11. The Bertz CT molecular complexity index is 441. The fraction of sp³-hybridized carbons (Fsp3) is 1.00. The Hall–Kier alpha value is 1.05. The Labute approximate surface area is 265 Å². The molecule has 0 heterocycles. The number of hydrogen-bond donors (Lipinski definition) is 3. The van der Waals surface area contributed by atoms with Crippen molar-refractivity contribution >= 4 is 37.9 Å². The minimum Gasteiger partial charge on any atom is -0.179 e. The smallest absolute Gasteiger partial charge is 0.0130 e. The number of thiol groups is 3. The summed E-state index contributed by atoms with van der Waals surface area (Å²) in [4.78, 5) is 0. The fourth-order valence-corrected chi connectivity index (χ4v) is 7.02. The summed E-state index contributed by atoms with van der Waals surface area (Å²) in [5.41, 5.74) is 0. The molecule has 0 saturated carbocycles. The van der Waals surface area contributed by atoms with Crippen LogP contribution in [-0.2, 0) is 0 Å². The summed E-state index contributed by atoms with van der Waals surface area (Å²) in [6.07, 6.45) is 45.2. The molecule has 1 unspecified atom stereocenters. The van der Waals surface area contributed by atoms with Crippen LogP contribution in [0, 0.1) is 0 Å². The molecule has 0 fully saturated rings. The van der Waals surface area contributed by atoms with E-state index in [-0.39, 0.29) is 0 Å². The predicted octanol–water partition coefficient (Wildman–Crippen LogP) is 14.0. The minimum atomic E-state index is 0.301. The zero-order valence-corrected chi connectivity index (χ0v) is 29.6. The van der Waals surface area contributed by atoms with E-state index in [0.717, 1.165) is 11.5 Å².